The van der Waals surface area contributed by atoms with Crippen molar-refractivity contribution >= 4 is 23.3 Å². The van der Waals surface area contributed by atoms with Crippen molar-refractivity contribution < 1.29 is 9.59 Å². The van der Waals surface area contributed by atoms with E-state index in [4.69, 9.17) is 4.98 Å². The van der Waals surface area contributed by atoms with Crippen molar-refractivity contribution in [1.82, 2.24) is 19.8 Å². The minimum Gasteiger partial charge on any atom is -0.373 e. The summed E-state index contributed by atoms with van der Waals surface area (Å²) in [7, 11) is 3.61. The van der Waals surface area contributed by atoms with Crippen molar-refractivity contribution in [2.45, 2.75) is 45.2 Å². The fourth-order valence-corrected chi connectivity index (χ4v) is 4.63. The second kappa shape index (κ2) is 9.54. The summed E-state index contributed by atoms with van der Waals surface area (Å²) in [5.74, 6) is 1.33. The molecule has 8 heteroatoms. The van der Waals surface area contributed by atoms with Crippen LogP contribution in [0.5, 0.6) is 0 Å². The Hall–Kier alpha value is -3.16. The number of rotatable bonds is 6. The Kier molecular flexibility index (Phi) is 6.58. The molecule has 1 aromatic carbocycles. The predicted molar refractivity (Wildman–Crippen MR) is 125 cm³/mol. The Morgan fingerprint density at radius 1 is 1.12 bits per heavy atom. The van der Waals surface area contributed by atoms with Gasteiger partial charge in [0, 0.05) is 58.0 Å². The molecule has 2 aliphatic rings. The highest BCUT2D eigenvalue weighted by molar-refractivity contribution is 5.95. The van der Waals surface area contributed by atoms with Crippen molar-refractivity contribution in [2.24, 2.45) is 0 Å². The Balaban J connectivity index is 1.52. The number of likely N-dealkylation sites (tertiary alicyclic amines) is 1. The second-order valence-electron chi connectivity index (χ2n) is 8.63. The number of benzene rings is 1. The van der Waals surface area contributed by atoms with Crippen molar-refractivity contribution in [2.75, 3.05) is 43.9 Å². The fraction of sp³-hybridized carbons (Fsp3) is 0.500. The molecule has 2 aliphatic heterocycles. The molecule has 0 bridgehead atoms. The average Bonchev–Trinajstić information content (AvgIpc) is 3.50. The number of hydrogen-bond donors (Lipinski definition) is 1. The zero-order valence-corrected chi connectivity index (χ0v) is 19.2. The molecule has 2 saturated heterocycles. The average molecular weight is 437 g/mol. The van der Waals surface area contributed by atoms with E-state index in [9.17, 15) is 9.59 Å². The quantitative estimate of drug-likeness (QED) is 0.750. The van der Waals surface area contributed by atoms with Gasteiger partial charge in [-0.25, -0.2) is 9.97 Å². The summed E-state index contributed by atoms with van der Waals surface area (Å²) in [6.07, 6.45) is 4.19. The molecule has 8 nitrogen and oxygen atoms in total. The first kappa shape index (κ1) is 22.0. The van der Waals surface area contributed by atoms with Crippen LogP contribution < -0.4 is 10.2 Å². The molecule has 2 aromatic rings. The first-order valence-corrected chi connectivity index (χ1v) is 11.4. The summed E-state index contributed by atoms with van der Waals surface area (Å²) in [6, 6.07) is 9.62. The first-order chi connectivity index (χ1) is 15.5. The van der Waals surface area contributed by atoms with Crippen molar-refractivity contribution in [3.63, 3.8) is 0 Å². The van der Waals surface area contributed by atoms with Crippen molar-refractivity contribution in [3.8, 4) is 0 Å². The zero-order chi connectivity index (χ0) is 22.7. The van der Waals surface area contributed by atoms with Crippen LogP contribution >= 0.6 is 0 Å². The number of nitrogens with zero attached hydrogens (tertiary/aromatic N) is 5. The lowest BCUT2D eigenvalue weighted by Crippen LogP contribution is -2.30. The molecule has 0 saturated carbocycles. The SMILES string of the molecule is CNc1cc(CN(C)C(=O)c2cccc(N3CCCC3)c2)nc(C2CCCN2C(C)=O)n1. The van der Waals surface area contributed by atoms with E-state index in [0.29, 0.717) is 23.8 Å². The van der Waals surface area contributed by atoms with E-state index < -0.39 is 0 Å². The van der Waals surface area contributed by atoms with Gasteiger partial charge >= 0.3 is 0 Å². The summed E-state index contributed by atoms with van der Waals surface area (Å²) >= 11 is 0. The number of hydrogen-bond acceptors (Lipinski definition) is 6. The third kappa shape index (κ3) is 4.69. The Bertz CT molecular complexity index is 988. The molecule has 4 rings (SSSR count). The van der Waals surface area contributed by atoms with E-state index >= 15 is 0 Å². The van der Waals surface area contributed by atoms with Crippen LogP contribution in [0.2, 0.25) is 0 Å². The van der Waals surface area contributed by atoms with Gasteiger partial charge in [0.05, 0.1) is 18.3 Å². The van der Waals surface area contributed by atoms with Crippen LogP contribution in [0.3, 0.4) is 0 Å². The van der Waals surface area contributed by atoms with Crippen LogP contribution in [0.4, 0.5) is 11.5 Å². The van der Waals surface area contributed by atoms with E-state index in [2.05, 4.69) is 21.3 Å². The maximum absolute atomic E-state index is 13.1. The van der Waals surface area contributed by atoms with Crippen LogP contribution in [0.15, 0.2) is 30.3 Å². The van der Waals surface area contributed by atoms with E-state index in [1.165, 1.54) is 12.8 Å². The topological polar surface area (TPSA) is 81.7 Å². The zero-order valence-electron chi connectivity index (χ0n) is 19.2. The number of carbonyl (C=O) groups excluding carboxylic acids is 2. The molecule has 1 N–H and O–H groups in total. The van der Waals surface area contributed by atoms with E-state index in [-0.39, 0.29) is 17.9 Å². The summed E-state index contributed by atoms with van der Waals surface area (Å²) in [4.78, 5) is 40.4. The lowest BCUT2D eigenvalue weighted by molar-refractivity contribution is -0.129. The molecule has 170 valence electrons. The van der Waals surface area contributed by atoms with Crippen LogP contribution in [0, 0.1) is 0 Å². The molecule has 3 heterocycles. The Labute approximate surface area is 189 Å². The standard InChI is InChI=1S/C24H32N6O2/c1-17(31)30-13-7-10-21(30)23-26-19(15-22(25-2)27-23)16-28(3)24(32)18-8-6-9-20(14-18)29-11-4-5-12-29/h6,8-9,14-15,21H,4-5,7,10-13,16H2,1-3H3,(H,25,26,27). The van der Waals surface area contributed by atoms with Crippen LogP contribution in [0.1, 0.15) is 60.5 Å². The number of anilines is 2. The van der Waals surface area contributed by atoms with Gasteiger partial charge in [-0.15, -0.1) is 0 Å². The third-order valence-electron chi connectivity index (χ3n) is 6.32. The first-order valence-electron chi connectivity index (χ1n) is 11.4. The van der Waals surface area contributed by atoms with Crippen LogP contribution in [-0.2, 0) is 11.3 Å². The highest BCUT2D eigenvalue weighted by Gasteiger charge is 2.30. The molecule has 0 radical (unpaired) electrons. The fourth-order valence-electron chi connectivity index (χ4n) is 4.63. The summed E-state index contributed by atoms with van der Waals surface area (Å²) < 4.78 is 0. The van der Waals surface area contributed by atoms with Gasteiger partial charge in [0.2, 0.25) is 5.91 Å². The van der Waals surface area contributed by atoms with Gasteiger partial charge in [-0.05, 0) is 43.9 Å². The minimum absolute atomic E-state index is 0.0385. The number of carbonyl (C=O) groups is 2. The molecule has 2 fully saturated rings. The number of amides is 2. The van der Waals surface area contributed by atoms with E-state index in [1.54, 1.807) is 18.9 Å². The lowest BCUT2D eigenvalue weighted by Gasteiger charge is -2.24. The molecule has 0 aliphatic carbocycles. The highest BCUT2D eigenvalue weighted by atomic mass is 16.2. The number of nitrogens with one attached hydrogen (secondary N) is 1. The van der Waals surface area contributed by atoms with Gasteiger partial charge in [0.15, 0.2) is 5.82 Å². The molecule has 0 spiro atoms. The maximum Gasteiger partial charge on any atom is 0.254 e. The van der Waals surface area contributed by atoms with Gasteiger partial charge in [-0.1, -0.05) is 6.07 Å². The maximum atomic E-state index is 13.1. The summed E-state index contributed by atoms with van der Waals surface area (Å²) in [6.45, 7) is 4.77. The molecule has 2 amide bonds. The van der Waals surface area contributed by atoms with Gasteiger partial charge in [-0.3, -0.25) is 9.59 Å². The van der Waals surface area contributed by atoms with Gasteiger partial charge in [0.1, 0.15) is 5.82 Å². The Morgan fingerprint density at radius 2 is 1.91 bits per heavy atom. The molecule has 1 unspecified atom stereocenters. The second-order valence-corrected chi connectivity index (χ2v) is 8.63. The third-order valence-corrected chi connectivity index (χ3v) is 6.32. The van der Waals surface area contributed by atoms with Crippen molar-refractivity contribution in [1.29, 1.82) is 0 Å². The van der Waals surface area contributed by atoms with Gasteiger partial charge < -0.3 is 20.0 Å². The number of aromatic nitrogens is 2. The highest BCUT2D eigenvalue weighted by Crippen LogP contribution is 2.30. The Morgan fingerprint density at radius 3 is 2.62 bits per heavy atom. The van der Waals surface area contributed by atoms with Gasteiger partial charge in [0.25, 0.3) is 5.91 Å². The molecular weight excluding hydrogens is 404 g/mol. The summed E-state index contributed by atoms with van der Waals surface area (Å²) in [5.41, 5.74) is 2.54. The van der Waals surface area contributed by atoms with E-state index in [0.717, 1.165) is 43.9 Å². The molecule has 1 aromatic heterocycles. The van der Waals surface area contributed by atoms with Gasteiger partial charge in [-0.2, -0.15) is 0 Å². The van der Waals surface area contributed by atoms with Crippen molar-refractivity contribution in [3.05, 3.63) is 47.4 Å². The summed E-state index contributed by atoms with van der Waals surface area (Å²) in [5, 5.41) is 3.08. The molecular formula is C24H32N6O2. The normalized spacial score (nSPS) is 18.2. The van der Waals surface area contributed by atoms with E-state index in [1.807, 2.05) is 36.2 Å². The van der Waals surface area contributed by atoms with Crippen LogP contribution in [0.25, 0.3) is 0 Å². The molecule has 32 heavy (non-hydrogen) atoms. The smallest absolute Gasteiger partial charge is 0.254 e. The molecule has 1 atom stereocenters. The largest absolute Gasteiger partial charge is 0.373 e. The predicted octanol–water partition coefficient (Wildman–Crippen LogP) is 3.07. The monoisotopic (exact) mass is 436 g/mol. The minimum atomic E-state index is -0.113. The van der Waals surface area contributed by atoms with Crippen LogP contribution in [-0.4, -0.2) is 65.3 Å². The lowest BCUT2D eigenvalue weighted by atomic mass is 10.1.